The maximum atomic E-state index is 11.8. The van der Waals surface area contributed by atoms with Gasteiger partial charge in [-0.2, -0.15) is 0 Å². The predicted octanol–water partition coefficient (Wildman–Crippen LogP) is 2.49. The molecule has 2 atom stereocenters. The van der Waals surface area contributed by atoms with E-state index < -0.39 is 23.7 Å². The predicted molar refractivity (Wildman–Crippen MR) is 69.2 cm³/mol. The Labute approximate surface area is 109 Å². The largest absolute Gasteiger partial charge is 0.464 e. The first kappa shape index (κ1) is 16.7. The van der Waals surface area contributed by atoms with Crippen molar-refractivity contribution >= 4 is 12.1 Å². The molecule has 5 nitrogen and oxygen atoms in total. The molecule has 0 fully saturated rings. The van der Waals surface area contributed by atoms with Crippen LogP contribution in [-0.2, 0) is 14.3 Å². The van der Waals surface area contributed by atoms with Gasteiger partial charge in [-0.05, 0) is 33.6 Å². The quantitative estimate of drug-likeness (QED) is 0.770. The number of rotatable bonds is 5. The first-order chi connectivity index (χ1) is 8.21. The molecule has 0 aromatic carbocycles. The second-order valence-corrected chi connectivity index (χ2v) is 5.26. The van der Waals surface area contributed by atoms with E-state index in [-0.39, 0.29) is 5.92 Å². The Morgan fingerprint density at radius 3 is 2.17 bits per heavy atom. The summed E-state index contributed by atoms with van der Waals surface area (Å²) in [5, 5.41) is 2.57. The summed E-state index contributed by atoms with van der Waals surface area (Å²) in [6.07, 6.45) is 0.167. The molecule has 0 saturated carbocycles. The fourth-order valence-electron chi connectivity index (χ4n) is 1.34. The van der Waals surface area contributed by atoms with Crippen LogP contribution in [0.15, 0.2) is 0 Å². The Kier molecular flexibility index (Phi) is 6.73. The maximum absolute atomic E-state index is 11.8. The summed E-state index contributed by atoms with van der Waals surface area (Å²) in [6, 6.07) is -0.662. The highest BCUT2D eigenvalue weighted by Crippen LogP contribution is 2.12. The van der Waals surface area contributed by atoms with Gasteiger partial charge >= 0.3 is 12.1 Å². The highest BCUT2D eigenvalue weighted by molar-refractivity contribution is 5.81. The number of nitrogens with one attached hydrogen (secondary N) is 1. The second kappa shape index (κ2) is 7.24. The zero-order valence-corrected chi connectivity index (χ0v) is 12.2. The lowest BCUT2D eigenvalue weighted by atomic mass is 9.99. The van der Waals surface area contributed by atoms with Gasteiger partial charge < -0.3 is 14.8 Å². The van der Waals surface area contributed by atoms with E-state index in [4.69, 9.17) is 9.47 Å². The van der Waals surface area contributed by atoms with Crippen molar-refractivity contribution in [2.45, 2.75) is 59.6 Å². The number of esters is 1. The van der Waals surface area contributed by atoms with Gasteiger partial charge in [-0.25, -0.2) is 9.59 Å². The normalized spacial score (nSPS) is 14.6. The molecule has 0 radical (unpaired) electrons. The van der Waals surface area contributed by atoms with Crippen LogP contribution in [0.3, 0.4) is 0 Å². The fraction of sp³-hybridized carbons (Fsp3) is 0.846. The van der Waals surface area contributed by atoms with E-state index in [0.717, 1.165) is 6.42 Å². The number of amides is 1. The maximum Gasteiger partial charge on any atom is 0.408 e. The minimum atomic E-state index is -0.662. The van der Waals surface area contributed by atoms with Crippen LogP contribution in [0, 0.1) is 5.92 Å². The Hall–Kier alpha value is -1.26. The molecule has 0 aromatic rings. The lowest BCUT2D eigenvalue weighted by molar-refractivity contribution is -0.147. The molecule has 0 rings (SSSR count). The Bertz CT molecular complexity index is 283. The van der Waals surface area contributed by atoms with Crippen LogP contribution in [0.1, 0.15) is 48.0 Å². The summed E-state index contributed by atoms with van der Waals surface area (Å²) in [6.45, 7) is 11.2. The summed E-state index contributed by atoms with van der Waals surface area (Å²) in [5.74, 6) is -0.422. The van der Waals surface area contributed by atoms with Gasteiger partial charge in [0.2, 0.25) is 0 Å². The number of carbonyl (C=O) groups is 2. The zero-order chi connectivity index (χ0) is 14.3. The van der Waals surface area contributed by atoms with Crippen LogP contribution in [0.2, 0.25) is 0 Å². The summed E-state index contributed by atoms with van der Waals surface area (Å²) >= 11 is 0. The van der Waals surface area contributed by atoms with Crippen LogP contribution in [0.4, 0.5) is 4.79 Å². The molecule has 0 bridgehead atoms. The topological polar surface area (TPSA) is 64.6 Å². The molecule has 1 amide bonds. The molecular formula is C13H25NO4. The Morgan fingerprint density at radius 2 is 1.78 bits per heavy atom. The minimum absolute atomic E-state index is 0.00318. The number of ether oxygens (including phenoxy) is 2. The molecule has 0 aromatic heterocycles. The molecule has 0 spiro atoms. The van der Waals surface area contributed by atoms with Crippen molar-refractivity contribution in [3.05, 3.63) is 0 Å². The van der Waals surface area contributed by atoms with E-state index in [9.17, 15) is 9.59 Å². The SMILES string of the molecule is CCOC(=O)[C@H](NC(=O)OC(C)(C)C)[C@H](C)CC. The van der Waals surface area contributed by atoms with E-state index in [0.29, 0.717) is 6.61 Å². The lowest BCUT2D eigenvalue weighted by Gasteiger charge is -2.25. The third kappa shape index (κ3) is 6.47. The van der Waals surface area contributed by atoms with E-state index in [1.165, 1.54) is 0 Å². The molecule has 0 unspecified atom stereocenters. The second-order valence-electron chi connectivity index (χ2n) is 5.26. The minimum Gasteiger partial charge on any atom is -0.464 e. The van der Waals surface area contributed by atoms with Crippen molar-refractivity contribution < 1.29 is 19.1 Å². The molecule has 5 heteroatoms. The summed E-state index contributed by atoms with van der Waals surface area (Å²) < 4.78 is 10.1. The van der Waals surface area contributed by atoms with Crippen molar-refractivity contribution in [2.75, 3.05) is 6.61 Å². The smallest absolute Gasteiger partial charge is 0.408 e. The van der Waals surface area contributed by atoms with Crippen molar-refractivity contribution in [3.8, 4) is 0 Å². The molecule has 0 aliphatic rings. The molecule has 0 saturated heterocycles. The molecular weight excluding hydrogens is 234 g/mol. The molecule has 106 valence electrons. The van der Waals surface area contributed by atoms with E-state index >= 15 is 0 Å². The summed E-state index contributed by atoms with van der Waals surface area (Å²) in [7, 11) is 0. The first-order valence-corrected chi connectivity index (χ1v) is 6.37. The van der Waals surface area contributed by atoms with Gasteiger partial charge in [0, 0.05) is 0 Å². The summed E-state index contributed by atoms with van der Waals surface area (Å²) in [4.78, 5) is 23.4. The van der Waals surface area contributed by atoms with Crippen molar-refractivity contribution in [2.24, 2.45) is 5.92 Å². The number of hydrogen-bond acceptors (Lipinski definition) is 4. The average Bonchev–Trinajstić information content (AvgIpc) is 2.22. The highest BCUT2D eigenvalue weighted by atomic mass is 16.6. The molecule has 0 aliphatic heterocycles. The van der Waals surface area contributed by atoms with Gasteiger partial charge in [0.25, 0.3) is 0 Å². The standard InChI is InChI=1S/C13H25NO4/c1-7-9(3)10(11(15)17-8-2)14-12(16)18-13(4,5)6/h9-10H,7-8H2,1-6H3,(H,14,16)/t9-,10-/m1/s1. The number of hydrogen-bond donors (Lipinski definition) is 1. The molecule has 1 N–H and O–H groups in total. The number of carbonyl (C=O) groups excluding carboxylic acids is 2. The van der Waals surface area contributed by atoms with E-state index in [1.807, 2.05) is 13.8 Å². The molecule has 0 aliphatic carbocycles. The zero-order valence-electron chi connectivity index (χ0n) is 12.2. The third-order valence-corrected chi connectivity index (χ3v) is 2.43. The van der Waals surface area contributed by atoms with Gasteiger partial charge in [0.05, 0.1) is 6.61 Å². The number of alkyl carbamates (subject to hydrolysis) is 1. The van der Waals surface area contributed by atoms with Crippen LogP contribution in [0.25, 0.3) is 0 Å². The van der Waals surface area contributed by atoms with Crippen molar-refractivity contribution in [1.82, 2.24) is 5.32 Å². The van der Waals surface area contributed by atoms with Crippen molar-refractivity contribution in [3.63, 3.8) is 0 Å². The highest BCUT2D eigenvalue weighted by Gasteiger charge is 2.29. The van der Waals surface area contributed by atoms with E-state index in [2.05, 4.69) is 5.32 Å². The van der Waals surface area contributed by atoms with Crippen molar-refractivity contribution in [1.29, 1.82) is 0 Å². The van der Waals surface area contributed by atoms with Crippen LogP contribution in [-0.4, -0.2) is 30.3 Å². The fourth-order valence-corrected chi connectivity index (χ4v) is 1.34. The van der Waals surface area contributed by atoms with Gasteiger partial charge in [0.15, 0.2) is 0 Å². The van der Waals surface area contributed by atoms with Crippen LogP contribution < -0.4 is 5.32 Å². The van der Waals surface area contributed by atoms with Crippen LogP contribution >= 0.6 is 0 Å². The van der Waals surface area contributed by atoms with Gasteiger partial charge in [0.1, 0.15) is 11.6 Å². The van der Waals surface area contributed by atoms with Crippen LogP contribution in [0.5, 0.6) is 0 Å². The third-order valence-electron chi connectivity index (χ3n) is 2.43. The first-order valence-electron chi connectivity index (χ1n) is 6.37. The molecule has 0 heterocycles. The Morgan fingerprint density at radius 1 is 1.22 bits per heavy atom. The van der Waals surface area contributed by atoms with Gasteiger partial charge in [-0.15, -0.1) is 0 Å². The summed E-state index contributed by atoms with van der Waals surface area (Å²) in [5.41, 5.74) is -0.585. The average molecular weight is 259 g/mol. The van der Waals surface area contributed by atoms with Gasteiger partial charge in [-0.1, -0.05) is 20.3 Å². The lowest BCUT2D eigenvalue weighted by Crippen LogP contribution is -2.47. The Balaban J connectivity index is 4.59. The van der Waals surface area contributed by atoms with E-state index in [1.54, 1.807) is 27.7 Å². The van der Waals surface area contributed by atoms with Gasteiger partial charge in [-0.3, -0.25) is 0 Å². The molecule has 18 heavy (non-hydrogen) atoms. The monoisotopic (exact) mass is 259 g/mol.